The summed E-state index contributed by atoms with van der Waals surface area (Å²) in [5.41, 5.74) is 0.269. The number of rotatable bonds is 4. The standard InChI is InChI=1S/C10H11FO2/c1-2-5-13-9-4-3-8(7-12)10(11)6-9/h2-4,6,12H,1,5,7H2. The average Bonchev–Trinajstić information content (AvgIpc) is 2.15. The van der Waals surface area contributed by atoms with Crippen molar-refractivity contribution in [3.8, 4) is 5.75 Å². The lowest BCUT2D eigenvalue weighted by atomic mass is 10.2. The van der Waals surface area contributed by atoms with Crippen LogP contribution in [-0.4, -0.2) is 11.7 Å². The SMILES string of the molecule is C=CCOc1ccc(CO)c(F)c1. The van der Waals surface area contributed by atoms with Crippen LogP contribution in [0.4, 0.5) is 4.39 Å². The molecule has 0 fully saturated rings. The Bertz CT molecular complexity index is 297. The number of aliphatic hydroxyl groups excluding tert-OH is 1. The van der Waals surface area contributed by atoms with E-state index in [0.717, 1.165) is 0 Å². The molecule has 3 heteroatoms. The van der Waals surface area contributed by atoms with E-state index >= 15 is 0 Å². The highest BCUT2D eigenvalue weighted by Crippen LogP contribution is 2.16. The molecule has 1 N–H and O–H groups in total. The summed E-state index contributed by atoms with van der Waals surface area (Å²) in [6, 6.07) is 4.35. The highest BCUT2D eigenvalue weighted by atomic mass is 19.1. The van der Waals surface area contributed by atoms with E-state index in [4.69, 9.17) is 9.84 Å². The molecular weight excluding hydrogens is 171 g/mol. The van der Waals surface area contributed by atoms with Gasteiger partial charge in [-0.1, -0.05) is 18.7 Å². The number of ether oxygens (including phenoxy) is 1. The maximum atomic E-state index is 13.0. The smallest absolute Gasteiger partial charge is 0.132 e. The molecule has 0 heterocycles. The Kier molecular flexibility index (Phi) is 3.46. The van der Waals surface area contributed by atoms with Gasteiger partial charge in [0.15, 0.2) is 0 Å². The van der Waals surface area contributed by atoms with Gasteiger partial charge in [0.1, 0.15) is 18.2 Å². The van der Waals surface area contributed by atoms with Gasteiger partial charge in [0.05, 0.1) is 6.61 Å². The minimum absolute atomic E-state index is 0.269. The highest BCUT2D eigenvalue weighted by Gasteiger charge is 2.01. The van der Waals surface area contributed by atoms with Crippen molar-refractivity contribution in [3.63, 3.8) is 0 Å². The van der Waals surface area contributed by atoms with Crippen LogP contribution in [0.5, 0.6) is 5.75 Å². The molecule has 0 aliphatic rings. The molecule has 0 bridgehead atoms. The summed E-state index contributed by atoms with van der Waals surface area (Å²) in [6.45, 7) is 3.52. The summed E-state index contributed by atoms with van der Waals surface area (Å²) in [4.78, 5) is 0. The molecule has 70 valence electrons. The quantitative estimate of drug-likeness (QED) is 0.720. The number of hydrogen-bond acceptors (Lipinski definition) is 2. The molecule has 1 aromatic rings. The first kappa shape index (κ1) is 9.74. The molecule has 0 radical (unpaired) electrons. The molecule has 0 saturated carbocycles. The van der Waals surface area contributed by atoms with E-state index in [-0.39, 0.29) is 12.2 Å². The summed E-state index contributed by atoms with van der Waals surface area (Å²) in [5, 5.41) is 8.69. The molecule has 0 saturated heterocycles. The van der Waals surface area contributed by atoms with Gasteiger partial charge in [-0.3, -0.25) is 0 Å². The second kappa shape index (κ2) is 4.62. The minimum Gasteiger partial charge on any atom is -0.489 e. The number of hydrogen-bond donors (Lipinski definition) is 1. The Morgan fingerprint density at radius 1 is 1.54 bits per heavy atom. The van der Waals surface area contributed by atoms with Crippen LogP contribution < -0.4 is 4.74 Å². The maximum Gasteiger partial charge on any atom is 0.132 e. The zero-order valence-electron chi connectivity index (χ0n) is 7.16. The van der Waals surface area contributed by atoms with E-state index in [0.29, 0.717) is 12.4 Å². The summed E-state index contributed by atoms with van der Waals surface area (Å²) < 4.78 is 18.1. The Morgan fingerprint density at radius 2 is 2.31 bits per heavy atom. The van der Waals surface area contributed by atoms with Crippen molar-refractivity contribution < 1.29 is 14.2 Å². The van der Waals surface area contributed by atoms with Crippen LogP contribution in [0.3, 0.4) is 0 Å². The van der Waals surface area contributed by atoms with Crippen LogP contribution in [0.2, 0.25) is 0 Å². The zero-order valence-corrected chi connectivity index (χ0v) is 7.16. The maximum absolute atomic E-state index is 13.0. The van der Waals surface area contributed by atoms with Gasteiger partial charge in [-0.2, -0.15) is 0 Å². The van der Waals surface area contributed by atoms with Crippen molar-refractivity contribution in [1.29, 1.82) is 0 Å². The lowest BCUT2D eigenvalue weighted by Crippen LogP contribution is -1.95. The molecule has 1 aromatic carbocycles. The third-order valence-electron chi connectivity index (χ3n) is 1.56. The van der Waals surface area contributed by atoms with E-state index in [2.05, 4.69) is 6.58 Å². The molecule has 0 aliphatic carbocycles. The number of halogens is 1. The molecule has 0 atom stereocenters. The molecule has 0 aliphatic heterocycles. The lowest BCUT2D eigenvalue weighted by Gasteiger charge is -2.04. The molecule has 1 rings (SSSR count). The average molecular weight is 182 g/mol. The van der Waals surface area contributed by atoms with Crippen LogP contribution in [0, 0.1) is 5.82 Å². The predicted octanol–water partition coefficient (Wildman–Crippen LogP) is 1.88. The van der Waals surface area contributed by atoms with Gasteiger partial charge in [0, 0.05) is 11.6 Å². The van der Waals surface area contributed by atoms with Gasteiger partial charge in [0.25, 0.3) is 0 Å². The monoisotopic (exact) mass is 182 g/mol. The molecule has 0 amide bonds. The molecule has 0 unspecified atom stereocenters. The summed E-state index contributed by atoms with van der Waals surface area (Å²) in [6.07, 6.45) is 1.58. The lowest BCUT2D eigenvalue weighted by molar-refractivity contribution is 0.275. The Balaban J connectivity index is 2.76. The third kappa shape index (κ3) is 2.56. The molecule has 13 heavy (non-hydrogen) atoms. The fraction of sp³-hybridized carbons (Fsp3) is 0.200. The van der Waals surface area contributed by atoms with Gasteiger partial charge in [-0.05, 0) is 6.07 Å². The fourth-order valence-electron chi connectivity index (χ4n) is 0.901. The van der Waals surface area contributed by atoms with E-state index in [1.165, 1.54) is 12.1 Å². The van der Waals surface area contributed by atoms with Crippen molar-refractivity contribution in [2.24, 2.45) is 0 Å². The second-order valence-electron chi connectivity index (χ2n) is 2.51. The van der Waals surface area contributed by atoms with Gasteiger partial charge in [-0.25, -0.2) is 4.39 Å². The molecule has 0 aromatic heterocycles. The second-order valence-corrected chi connectivity index (χ2v) is 2.51. The Hall–Kier alpha value is -1.35. The fourth-order valence-corrected chi connectivity index (χ4v) is 0.901. The largest absolute Gasteiger partial charge is 0.489 e. The van der Waals surface area contributed by atoms with E-state index in [1.807, 2.05) is 0 Å². The molecule has 2 nitrogen and oxygen atoms in total. The van der Waals surface area contributed by atoms with Gasteiger partial charge in [-0.15, -0.1) is 0 Å². The highest BCUT2D eigenvalue weighted by molar-refractivity contribution is 5.28. The Morgan fingerprint density at radius 3 is 2.85 bits per heavy atom. The molecular formula is C10H11FO2. The van der Waals surface area contributed by atoms with Crippen molar-refractivity contribution in [2.75, 3.05) is 6.61 Å². The van der Waals surface area contributed by atoms with Crippen molar-refractivity contribution in [2.45, 2.75) is 6.61 Å². The third-order valence-corrected chi connectivity index (χ3v) is 1.56. The Labute approximate surface area is 76.3 Å². The van der Waals surface area contributed by atoms with Crippen molar-refractivity contribution >= 4 is 0 Å². The number of aliphatic hydroxyl groups is 1. The predicted molar refractivity (Wildman–Crippen MR) is 48.0 cm³/mol. The normalized spacial score (nSPS) is 9.69. The van der Waals surface area contributed by atoms with Gasteiger partial charge >= 0.3 is 0 Å². The van der Waals surface area contributed by atoms with Crippen LogP contribution in [0.1, 0.15) is 5.56 Å². The van der Waals surface area contributed by atoms with Gasteiger partial charge in [0.2, 0.25) is 0 Å². The summed E-state index contributed by atoms with van der Waals surface area (Å²) in [7, 11) is 0. The van der Waals surface area contributed by atoms with Crippen LogP contribution in [0.15, 0.2) is 30.9 Å². The topological polar surface area (TPSA) is 29.5 Å². The summed E-state index contributed by atoms with van der Waals surface area (Å²) in [5.74, 6) is -0.0151. The van der Waals surface area contributed by atoms with Crippen LogP contribution >= 0.6 is 0 Å². The van der Waals surface area contributed by atoms with Crippen LogP contribution in [0.25, 0.3) is 0 Å². The van der Waals surface area contributed by atoms with Crippen molar-refractivity contribution in [1.82, 2.24) is 0 Å². The van der Waals surface area contributed by atoms with Crippen molar-refractivity contribution in [3.05, 3.63) is 42.2 Å². The first-order chi connectivity index (χ1) is 6.27. The first-order valence-corrected chi connectivity index (χ1v) is 3.91. The van der Waals surface area contributed by atoms with Gasteiger partial charge < -0.3 is 9.84 Å². The first-order valence-electron chi connectivity index (χ1n) is 3.91. The minimum atomic E-state index is -0.455. The molecule has 0 spiro atoms. The number of benzene rings is 1. The van der Waals surface area contributed by atoms with Crippen LogP contribution in [-0.2, 0) is 6.61 Å². The zero-order chi connectivity index (χ0) is 9.68. The summed E-state index contributed by atoms with van der Waals surface area (Å²) >= 11 is 0. The van der Waals surface area contributed by atoms with E-state index < -0.39 is 5.82 Å². The van der Waals surface area contributed by atoms with E-state index in [1.54, 1.807) is 12.1 Å². The van der Waals surface area contributed by atoms with E-state index in [9.17, 15) is 4.39 Å².